The molecule has 100 valence electrons. The maximum absolute atomic E-state index is 12.7. The number of aromatic nitrogens is 1. The number of alkyl halides is 3. The fraction of sp³-hybridized carbons (Fsp3) is 0.615. The van der Waals surface area contributed by atoms with E-state index < -0.39 is 11.9 Å². The molecule has 2 nitrogen and oxygen atoms in total. The Morgan fingerprint density at radius 1 is 1.22 bits per heavy atom. The molecule has 1 aromatic rings. The zero-order valence-electron chi connectivity index (χ0n) is 10.1. The van der Waals surface area contributed by atoms with Gasteiger partial charge in [-0.1, -0.05) is 25.3 Å². The molecule has 0 spiro atoms. The van der Waals surface area contributed by atoms with Gasteiger partial charge in [-0.3, -0.25) is 4.98 Å². The van der Waals surface area contributed by atoms with Crippen molar-refractivity contribution in [3.63, 3.8) is 0 Å². The number of hydrogen-bond acceptors (Lipinski definition) is 2. The van der Waals surface area contributed by atoms with Gasteiger partial charge in [0.2, 0.25) is 0 Å². The normalized spacial score (nSPS) is 17.9. The van der Waals surface area contributed by atoms with Crippen molar-refractivity contribution < 1.29 is 13.2 Å². The van der Waals surface area contributed by atoms with Crippen molar-refractivity contribution in [2.45, 2.75) is 50.9 Å². The minimum atomic E-state index is -4.37. The highest BCUT2D eigenvalue weighted by molar-refractivity contribution is 5.22. The molecule has 0 unspecified atom stereocenters. The molecule has 5 heteroatoms. The first kappa shape index (κ1) is 13.3. The maximum Gasteiger partial charge on any atom is 0.433 e. The van der Waals surface area contributed by atoms with Gasteiger partial charge in [0.25, 0.3) is 0 Å². The van der Waals surface area contributed by atoms with Crippen LogP contribution in [0.1, 0.15) is 43.4 Å². The quantitative estimate of drug-likeness (QED) is 0.897. The molecule has 0 bridgehead atoms. The summed E-state index contributed by atoms with van der Waals surface area (Å²) in [5, 5.41) is 3.21. The molecule has 1 N–H and O–H groups in total. The predicted octanol–water partition coefficient (Wildman–Crippen LogP) is 3.52. The highest BCUT2D eigenvalue weighted by Gasteiger charge is 2.34. The average molecular weight is 258 g/mol. The van der Waals surface area contributed by atoms with Crippen LogP contribution in [0.2, 0.25) is 0 Å². The van der Waals surface area contributed by atoms with Gasteiger partial charge < -0.3 is 5.32 Å². The second-order valence-corrected chi connectivity index (χ2v) is 4.72. The fourth-order valence-electron chi connectivity index (χ4n) is 2.40. The van der Waals surface area contributed by atoms with E-state index in [1.54, 1.807) is 6.07 Å². The van der Waals surface area contributed by atoms with Crippen LogP contribution in [0.15, 0.2) is 18.3 Å². The lowest BCUT2D eigenvalue weighted by atomic mass is 9.95. The second kappa shape index (κ2) is 5.69. The molecule has 1 heterocycles. The highest BCUT2D eigenvalue weighted by atomic mass is 19.4. The summed E-state index contributed by atoms with van der Waals surface area (Å²) in [5.74, 6) is 0. The van der Waals surface area contributed by atoms with E-state index in [4.69, 9.17) is 0 Å². The molecule has 1 aromatic heterocycles. The molecule has 0 saturated heterocycles. The zero-order chi connectivity index (χ0) is 13.0. The summed E-state index contributed by atoms with van der Waals surface area (Å²) in [6.45, 7) is 0.243. The fourth-order valence-corrected chi connectivity index (χ4v) is 2.40. The molecule has 0 radical (unpaired) electrons. The topological polar surface area (TPSA) is 24.9 Å². The van der Waals surface area contributed by atoms with Gasteiger partial charge in [0.1, 0.15) is 5.69 Å². The van der Waals surface area contributed by atoms with E-state index in [9.17, 15) is 13.2 Å². The van der Waals surface area contributed by atoms with Gasteiger partial charge in [0.05, 0.1) is 0 Å². The SMILES string of the molecule is FC(F)(F)c1ncccc1CNC1CCCCC1. The Balaban J connectivity index is 2.00. The molecular weight excluding hydrogens is 241 g/mol. The number of pyridine rings is 1. The molecule has 0 amide bonds. The van der Waals surface area contributed by atoms with Gasteiger partial charge >= 0.3 is 6.18 Å². The van der Waals surface area contributed by atoms with Crippen LogP contribution in [0.3, 0.4) is 0 Å². The van der Waals surface area contributed by atoms with E-state index >= 15 is 0 Å². The van der Waals surface area contributed by atoms with Gasteiger partial charge in [0.15, 0.2) is 0 Å². The van der Waals surface area contributed by atoms with E-state index in [0.717, 1.165) is 25.7 Å². The number of rotatable bonds is 3. The molecular formula is C13H17F3N2. The molecule has 18 heavy (non-hydrogen) atoms. The average Bonchev–Trinajstić information content (AvgIpc) is 2.37. The second-order valence-electron chi connectivity index (χ2n) is 4.72. The standard InChI is InChI=1S/C13H17F3N2/c14-13(15,16)12-10(5-4-8-17-12)9-18-11-6-2-1-3-7-11/h4-5,8,11,18H,1-3,6-7,9H2. The summed E-state index contributed by atoms with van der Waals surface area (Å²) in [7, 11) is 0. The number of nitrogens with one attached hydrogen (secondary N) is 1. The number of halogens is 3. The van der Waals surface area contributed by atoms with E-state index in [2.05, 4.69) is 10.3 Å². The summed E-state index contributed by atoms with van der Waals surface area (Å²) >= 11 is 0. The Labute approximate surface area is 105 Å². The lowest BCUT2D eigenvalue weighted by Crippen LogP contribution is -2.31. The highest BCUT2D eigenvalue weighted by Crippen LogP contribution is 2.30. The first-order chi connectivity index (χ1) is 8.57. The van der Waals surface area contributed by atoms with E-state index in [0.29, 0.717) is 6.04 Å². The van der Waals surface area contributed by atoms with Crippen LogP contribution in [0.4, 0.5) is 13.2 Å². The molecule has 1 aliphatic carbocycles. The number of hydrogen-bond donors (Lipinski definition) is 1. The smallest absolute Gasteiger partial charge is 0.310 e. The molecule has 0 aliphatic heterocycles. The first-order valence-corrected chi connectivity index (χ1v) is 6.32. The monoisotopic (exact) mass is 258 g/mol. The third-order valence-electron chi connectivity index (χ3n) is 3.35. The zero-order valence-corrected chi connectivity index (χ0v) is 10.1. The van der Waals surface area contributed by atoms with Gasteiger partial charge in [-0.25, -0.2) is 0 Å². The summed E-state index contributed by atoms with van der Waals surface area (Å²) in [6.07, 6.45) is 2.49. The van der Waals surface area contributed by atoms with Crippen molar-refractivity contribution in [2.75, 3.05) is 0 Å². The van der Waals surface area contributed by atoms with Crippen molar-refractivity contribution in [1.82, 2.24) is 10.3 Å². The van der Waals surface area contributed by atoms with Crippen LogP contribution in [0, 0.1) is 0 Å². The third-order valence-corrected chi connectivity index (χ3v) is 3.35. The third kappa shape index (κ3) is 3.45. The van der Waals surface area contributed by atoms with Crippen LogP contribution in [-0.2, 0) is 12.7 Å². The van der Waals surface area contributed by atoms with Crippen molar-refractivity contribution in [3.8, 4) is 0 Å². The van der Waals surface area contributed by atoms with Crippen LogP contribution < -0.4 is 5.32 Å². The van der Waals surface area contributed by atoms with Crippen molar-refractivity contribution in [2.24, 2.45) is 0 Å². The van der Waals surface area contributed by atoms with E-state index in [-0.39, 0.29) is 12.1 Å². The Hall–Kier alpha value is -1.10. The van der Waals surface area contributed by atoms with E-state index in [1.807, 2.05) is 0 Å². The molecule has 1 saturated carbocycles. The number of nitrogens with zero attached hydrogens (tertiary/aromatic N) is 1. The van der Waals surface area contributed by atoms with Crippen LogP contribution >= 0.6 is 0 Å². The lowest BCUT2D eigenvalue weighted by molar-refractivity contribution is -0.141. The molecule has 2 rings (SSSR count). The predicted molar refractivity (Wildman–Crippen MR) is 63.0 cm³/mol. The molecule has 0 aromatic carbocycles. The van der Waals surface area contributed by atoms with Crippen LogP contribution in [0.25, 0.3) is 0 Å². The Kier molecular flexibility index (Phi) is 4.22. The Morgan fingerprint density at radius 2 is 1.94 bits per heavy atom. The minimum Gasteiger partial charge on any atom is -0.310 e. The van der Waals surface area contributed by atoms with Gasteiger partial charge in [0, 0.05) is 18.8 Å². The van der Waals surface area contributed by atoms with Gasteiger partial charge in [-0.05, 0) is 24.5 Å². The van der Waals surface area contributed by atoms with Crippen molar-refractivity contribution >= 4 is 0 Å². The summed E-state index contributed by atoms with van der Waals surface area (Å²) in [4.78, 5) is 3.45. The minimum absolute atomic E-state index is 0.232. The first-order valence-electron chi connectivity index (χ1n) is 6.32. The van der Waals surface area contributed by atoms with Crippen molar-refractivity contribution in [3.05, 3.63) is 29.6 Å². The van der Waals surface area contributed by atoms with Crippen LogP contribution in [0.5, 0.6) is 0 Å². The Bertz CT molecular complexity index is 384. The van der Waals surface area contributed by atoms with Gasteiger partial charge in [-0.15, -0.1) is 0 Å². The van der Waals surface area contributed by atoms with Crippen LogP contribution in [-0.4, -0.2) is 11.0 Å². The maximum atomic E-state index is 12.7. The van der Waals surface area contributed by atoms with E-state index in [1.165, 1.54) is 18.7 Å². The molecule has 0 atom stereocenters. The lowest BCUT2D eigenvalue weighted by Gasteiger charge is -2.23. The molecule has 1 fully saturated rings. The van der Waals surface area contributed by atoms with Crippen molar-refractivity contribution in [1.29, 1.82) is 0 Å². The van der Waals surface area contributed by atoms with Gasteiger partial charge in [-0.2, -0.15) is 13.2 Å². The Morgan fingerprint density at radius 3 is 2.61 bits per heavy atom. The summed E-state index contributed by atoms with van der Waals surface area (Å²) in [6, 6.07) is 3.39. The molecule has 1 aliphatic rings. The summed E-state index contributed by atoms with van der Waals surface area (Å²) in [5.41, 5.74) is -0.538. The largest absolute Gasteiger partial charge is 0.433 e. The summed E-state index contributed by atoms with van der Waals surface area (Å²) < 4.78 is 38.2.